The molecule has 0 aliphatic rings. The van der Waals surface area contributed by atoms with Crippen molar-refractivity contribution in [1.82, 2.24) is 9.55 Å². The van der Waals surface area contributed by atoms with Gasteiger partial charge in [-0.05, 0) is 37.5 Å². The van der Waals surface area contributed by atoms with E-state index >= 15 is 0 Å². The smallest absolute Gasteiger partial charge is 0.121 e. The van der Waals surface area contributed by atoms with E-state index in [1.54, 1.807) is 7.11 Å². The monoisotopic (exact) mass is 312 g/mol. The van der Waals surface area contributed by atoms with Crippen LogP contribution in [0.3, 0.4) is 0 Å². The second-order valence-electron chi connectivity index (χ2n) is 4.82. The third-order valence-corrected chi connectivity index (χ3v) is 4.30. The first kappa shape index (κ1) is 15.5. The summed E-state index contributed by atoms with van der Waals surface area (Å²) in [6, 6.07) is 6.50. The summed E-state index contributed by atoms with van der Waals surface area (Å²) in [4.78, 5) is 4.73. The molecule has 110 valence electrons. The van der Waals surface area contributed by atoms with Gasteiger partial charge in [-0.25, -0.2) is 4.98 Å². The lowest BCUT2D eigenvalue weighted by Crippen LogP contribution is -2.10. The molecule has 1 aromatic heterocycles. The second kappa shape index (κ2) is 7.23. The SMILES string of the molecule is COc1ccc2c(c1)nc(CCCl)n2C(C)CCSC. The van der Waals surface area contributed by atoms with E-state index in [9.17, 15) is 0 Å². The molecule has 1 aromatic carbocycles. The number of alkyl halides is 1. The quantitative estimate of drug-likeness (QED) is 0.719. The summed E-state index contributed by atoms with van der Waals surface area (Å²) in [5.41, 5.74) is 2.15. The fourth-order valence-corrected chi connectivity index (χ4v) is 3.17. The minimum Gasteiger partial charge on any atom is -0.497 e. The van der Waals surface area contributed by atoms with E-state index in [1.165, 1.54) is 5.52 Å². The van der Waals surface area contributed by atoms with Gasteiger partial charge in [0.05, 0.1) is 18.1 Å². The molecule has 1 atom stereocenters. The molecule has 0 radical (unpaired) electrons. The molecule has 3 nitrogen and oxygen atoms in total. The minimum atomic E-state index is 0.430. The first-order chi connectivity index (χ1) is 9.71. The number of rotatable bonds is 7. The van der Waals surface area contributed by atoms with Crippen LogP contribution in [0.5, 0.6) is 5.75 Å². The zero-order valence-corrected chi connectivity index (χ0v) is 13.8. The van der Waals surface area contributed by atoms with Gasteiger partial charge in [-0.1, -0.05) is 0 Å². The number of hydrogen-bond acceptors (Lipinski definition) is 3. The number of aryl methyl sites for hydroxylation is 1. The molecule has 0 spiro atoms. The van der Waals surface area contributed by atoms with Crippen molar-refractivity contribution < 1.29 is 4.74 Å². The number of imidazole rings is 1. The Hall–Kier alpha value is -0.870. The lowest BCUT2D eigenvalue weighted by Gasteiger charge is -2.17. The van der Waals surface area contributed by atoms with Crippen molar-refractivity contribution >= 4 is 34.4 Å². The number of ether oxygens (including phenoxy) is 1. The van der Waals surface area contributed by atoms with Gasteiger partial charge in [0, 0.05) is 24.4 Å². The van der Waals surface area contributed by atoms with Crippen molar-refractivity contribution in [2.24, 2.45) is 0 Å². The molecule has 0 saturated heterocycles. The van der Waals surface area contributed by atoms with Crippen LogP contribution >= 0.6 is 23.4 Å². The maximum atomic E-state index is 5.92. The van der Waals surface area contributed by atoms with Crippen LogP contribution in [0.2, 0.25) is 0 Å². The Kier molecular flexibility index (Phi) is 5.61. The molecule has 20 heavy (non-hydrogen) atoms. The molecule has 0 fully saturated rings. The molecule has 0 bridgehead atoms. The molecule has 0 amide bonds. The van der Waals surface area contributed by atoms with E-state index in [0.717, 1.165) is 35.7 Å². The van der Waals surface area contributed by atoms with Crippen LogP contribution in [0.4, 0.5) is 0 Å². The predicted molar refractivity (Wildman–Crippen MR) is 88.4 cm³/mol. The first-order valence-electron chi connectivity index (χ1n) is 6.81. The number of aromatic nitrogens is 2. The number of nitrogens with zero attached hydrogens (tertiary/aromatic N) is 2. The van der Waals surface area contributed by atoms with E-state index in [4.69, 9.17) is 21.3 Å². The highest BCUT2D eigenvalue weighted by Gasteiger charge is 2.15. The van der Waals surface area contributed by atoms with E-state index in [1.807, 2.05) is 23.9 Å². The zero-order valence-electron chi connectivity index (χ0n) is 12.2. The van der Waals surface area contributed by atoms with Crippen molar-refractivity contribution in [2.75, 3.05) is 25.0 Å². The van der Waals surface area contributed by atoms with E-state index in [2.05, 4.69) is 23.8 Å². The summed E-state index contributed by atoms with van der Waals surface area (Å²) >= 11 is 7.80. The van der Waals surface area contributed by atoms with Gasteiger partial charge < -0.3 is 9.30 Å². The van der Waals surface area contributed by atoms with Gasteiger partial charge in [0.2, 0.25) is 0 Å². The Morgan fingerprint density at radius 3 is 2.90 bits per heavy atom. The van der Waals surface area contributed by atoms with Gasteiger partial charge in [0.25, 0.3) is 0 Å². The van der Waals surface area contributed by atoms with Gasteiger partial charge in [-0.15, -0.1) is 11.6 Å². The molecule has 0 saturated carbocycles. The Labute approximate surface area is 129 Å². The Bertz CT molecular complexity index is 570. The maximum absolute atomic E-state index is 5.92. The van der Waals surface area contributed by atoms with Crippen LogP contribution in [0.25, 0.3) is 11.0 Å². The van der Waals surface area contributed by atoms with Gasteiger partial charge in [0.1, 0.15) is 11.6 Å². The summed E-state index contributed by atoms with van der Waals surface area (Å²) < 4.78 is 7.60. The Morgan fingerprint density at radius 1 is 1.45 bits per heavy atom. The summed E-state index contributed by atoms with van der Waals surface area (Å²) in [7, 11) is 1.68. The normalized spacial score (nSPS) is 12.8. The molecular weight excluding hydrogens is 292 g/mol. The van der Waals surface area contributed by atoms with Crippen molar-refractivity contribution in [3.8, 4) is 5.75 Å². The molecule has 0 aliphatic carbocycles. The highest BCUT2D eigenvalue weighted by Crippen LogP contribution is 2.27. The largest absolute Gasteiger partial charge is 0.497 e. The third-order valence-electron chi connectivity index (χ3n) is 3.47. The van der Waals surface area contributed by atoms with Crippen molar-refractivity contribution in [2.45, 2.75) is 25.8 Å². The Balaban J connectivity index is 2.45. The fraction of sp³-hybridized carbons (Fsp3) is 0.533. The summed E-state index contributed by atoms with van der Waals surface area (Å²) in [6.07, 6.45) is 4.07. The van der Waals surface area contributed by atoms with Crippen LogP contribution in [0.15, 0.2) is 18.2 Å². The lowest BCUT2D eigenvalue weighted by atomic mass is 10.2. The van der Waals surface area contributed by atoms with Crippen LogP contribution in [0, 0.1) is 0 Å². The minimum absolute atomic E-state index is 0.430. The molecule has 0 N–H and O–H groups in total. The number of thioether (sulfide) groups is 1. The number of methoxy groups -OCH3 is 1. The summed E-state index contributed by atoms with van der Waals surface area (Å²) in [5.74, 6) is 3.65. The van der Waals surface area contributed by atoms with Crippen LogP contribution < -0.4 is 4.74 Å². The number of hydrogen-bond donors (Lipinski definition) is 0. The van der Waals surface area contributed by atoms with Crippen molar-refractivity contribution in [3.63, 3.8) is 0 Å². The molecular formula is C15H21ClN2OS. The van der Waals surface area contributed by atoms with Gasteiger partial charge in [-0.3, -0.25) is 0 Å². The average molecular weight is 313 g/mol. The third kappa shape index (κ3) is 3.23. The van der Waals surface area contributed by atoms with Crippen molar-refractivity contribution in [1.29, 1.82) is 0 Å². The first-order valence-corrected chi connectivity index (χ1v) is 8.73. The highest BCUT2D eigenvalue weighted by molar-refractivity contribution is 7.98. The van der Waals surface area contributed by atoms with Crippen LogP contribution in [0.1, 0.15) is 25.2 Å². The lowest BCUT2D eigenvalue weighted by molar-refractivity contribution is 0.415. The van der Waals surface area contributed by atoms with E-state index in [0.29, 0.717) is 11.9 Å². The fourth-order valence-electron chi connectivity index (χ4n) is 2.43. The van der Waals surface area contributed by atoms with Crippen molar-refractivity contribution in [3.05, 3.63) is 24.0 Å². The van der Waals surface area contributed by atoms with Gasteiger partial charge >= 0.3 is 0 Å². The van der Waals surface area contributed by atoms with Gasteiger partial charge in [0.15, 0.2) is 0 Å². The molecule has 2 aromatic rings. The van der Waals surface area contributed by atoms with Crippen LogP contribution in [-0.4, -0.2) is 34.5 Å². The number of benzene rings is 1. The molecule has 2 rings (SSSR count). The summed E-state index contributed by atoms with van der Waals surface area (Å²) in [5, 5.41) is 0. The standard InChI is InChI=1S/C15H21ClN2OS/c1-11(7-9-20-3)18-14-5-4-12(19-2)10-13(14)17-15(18)6-8-16/h4-5,10-11H,6-9H2,1-3H3. The number of halogens is 1. The van der Waals surface area contributed by atoms with E-state index < -0.39 is 0 Å². The highest BCUT2D eigenvalue weighted by atomic mass is 35.5. The number of fused-ring (bicyclic) bond motifs is 1. The zero-order chi connectivity index (χ0) is 14.5. The predicted octanol–water partition coefficient (Wildman–Crippen LogP) is 4.14. The summed E-state index contributed by atoms with van der Waals surface area (Å²) in [6.45, 7) is 2.25. The topological polar surface area (TPSA) is 27.1 Å². The second-order valence-corrected chi connectivity index (χ2v) is 6.19. The van der Waals surface area contributed by atoms with Gasteiger partial charge in [-0.2, -0.15) is 11.8 Å². The molecule has 1 heterocycles. The van der Waals surface area contributed by atoms with Crippen LogP contribution in [-0.2, 0) is 6.42 Å². The average Bonchev–Trinajstić information content (AvgIpc) is 2.82. The molecule has 1 unspecified atom stereocenters. The maximum Gasteiger partial charge on any atom is 0.121 e. The Morgan fingerprint density at radius 2 is 2.25 bits per heavy atom. The van der Waals surface area contributed by atoms with E-state index in [-0.39, 0.29) is 0 Å². The molecule has 0 aliphatic heterocycles. The molecule has 5 heteroatoms.